The highest BCUT2D eigenvalue weighted by molar-refractivity contribution is 6.06. The van der Waals surface area contributed by atoms with Gasteiger partial charge in [0, 0.05) is 41.5 Å². The third-order valence-electron chi connectivity index (χ3n) is 3.53. The van der Waals surface area contributed by atoms with Crippen LogP contribution < -0.4 is 5.32 Å². The van der Waals surface area contributed by atoms with E-state index in [1.807, 2.05) is 32.2 Å². The lowest BCUT2D eigenvalue weighted by Crippen LogP contribution is -2.12. The Morgan fingerprint density at radius 1 is 1.30 bits per heavy atom. The number of amides is 1. The maximum atomic E-state index is 12.2. The Kier molecular flexibility index (Phi) is 2.82. The molecule has 2 heterocycles. The molecule has 0 bridgehead atoms. The number of anilines is 1. The first-order valence-corrected chi connectivity index (χ1v) is 6.44. The largest absolute Gasteiger partial charge is 0.358 e. The molecule has 0 fully saturated rings. The summed E-state index contributed by atoms with van der Waals surface area (Å²) in [6.07, 6.45) is 1.79. The summed E-state index contributed by atoms with van der Waals surface area (Å²) in [7, 11) is 1.81. The van der Waals surface area contributed by atoms with Gasteiger partial charge >= 0.3 is 0 Å². The second-order valence-corrected chi connectivity index (χ2v) is 4.96. The highest BCUT2D eigenvalue weighted by Gasteiger charge is 2.11. The van der Waals surface area contributed by atoms with Crippen molar-refractivity contribution in [1.82, 2.24) is 14.8 Å². The number of hydrogen-bond acceptors (Lipinski definition) is 2. The minimum atomic E-state index is -0.149. The van der Waals surface area contributed by atoms with Gasteiger partial charge in [-0.1, -0.05) is 0 Å². The van der Waals surface area contributed by atoms with Crippen molar-refractivity contribution in [2.75, 3.05) is 5.32 Å². The average molecular weight is 268 g/mol. The van der Waals surface area contributed by atoms with Gasteiger partial charge in [-0.2, -0.15) is 5.10 Å². The van der Waals surface area contributed by atoms with E-state index in [-0.39, 0.29) is 5.91 Å². The van der Waals surface area contributed by atoms with Crippen LogP contribution in [-0.4, -0.2) is 20.7 Å². The summed E-state index contributed by atoms with van der Waals surface area (Å²) in [5.74, 6) is 0.406. The molecule has 0 aliphatic heterocycles. The van der Waals surface area contributed by atoms with Crippen LogP contribution >= 0.6 is 0 Å². The van der Waals surface area contributed by atoms with Gasteiger partial charge in [-0.25, -0.2) is 0 Å². The van der Waals surface area contributed by atoms with Crippen LogP contribution in [0.2, 0.25) is 0 Å². The van der Waals surface area contributed by atoms with Crippen molar-refractivity contribution in [2.24, 2.45) is 7.05 Å². The zero-order valence-electron chi connectivity index (χ0n) is 11.7. The Labute approximate surface area is 116 Å². The smallest absolute Gasteiger partial charge is 0.256 e. The fourth-order valence-electron chi connectivity index (χ4n) is 2.27. The van der Waals surface area contributed by atoms with Crippen molar-refractivity contribution in [2.45, 2.75) is 13.8 Å². The second-order valence-electron chi connectivity index (χ2n) is 4.96. The van der Waals surface area contributed by atoms with Gasteiger partial charge in [0.15, 0.2) is 5.82 Å². The van der Waals surface area contributed by atoms with Crippen molar-refractivity contribution >= 4 is 22.6 Å². The van der Waals surface area contributed by atoms with Crippen molar-refractivity contribution < 1.29 is 4.79 Å². The Bertz CT molecular complexity index is 797. The standard InChI is InChI=1S/C15H16N4O/c1-9-10(2)16-13-5-4-11(8-12(9)13)15(20)17-14-6-7-19(3)18-14/h4-8,16H,1-3H3,(H,17,18,20). The summed E-state index contributed by atoms with van der Waals surface area (Å²) in [5, 5.41) is 8.01. The number of rotatable bonds is 2. The van der Waals surface area contributed by atoms with E-state index in [1.54, 1.807) is 16.9 Å². The quantitative estimate of drug-likeness (QED) is 0.750. The van der Waals surface area contributed by atoms with Crippen LogP contribution in [0.3, 0.4) is 0 Å². The lowest BCUT2D eigenvalue weighted by molar-refractivity contribution is 0.102. The summed E-state index contributed by atoms with van der Waals surface area (Å²) in [4.78, 5) is 15.5. The van der Waals surface area contributed by atoms with Gasteiger partial charge in [0.2, 0.25) is 0 Å². The first-order chi connectivity index (χ1) is 9.54. The molecule has 5 nitrogen and oxygen atoms in total. The summed E-state index contributed by atoms with van der Waals surface area (Å²) >= 11 is 0. The third-order valence-corrected chi connectivity index (χ3v) is 3.53. The van der Waals surface area contributed by atoms with Gasteiger partial charge in [0.25, 0.3) is 5.91 Å². The molecule has 0 radical (unpaired) electrons. The Morgan fingerprint density at radius 2 is 2.10 bits per heavy atom. The topological polar surface area (TPSA) is 62.7 Å². The molecular weight excluding hydrogens is 252 g/mol. The normalized spacial score (nSPS) is 10.9. The molecule has 0 aliphatic rings. The van der Waals surface area contributed by atoms with Crippen LogP contribution in [0.15, 0.2) is 30.5 Å². The lowest BCUT2D eigenvalue weighted by atomic mass is 10.1. The maximum absolute atomic E-state index is 12.2. The number of carbonyl (C=O) groups excluding carboxylic acids is 1. The molecular formula is C15H16N4O. The molecule has 0 saturated heterocycles. The number of aromatic nitrogens is 3. The highest BCUT2D eigenvalue weighted by Crippen LogP contribution is 2.22. The molecule has 0 saturated carbocycles. The van der Waals surface area contributed by atoms with Gasteiger partial charge in [-0.15, -0.1) is 0 Å². The molecule has 0 unspecified atom stereocenters. The predicted octanol–water partition coefficient (Wildman–Crippen LogP) is 2.77. The summed E-state index contributed by atoms with van der Waals surface area (Å²) < 4.78 is 1.65. The van der Waals surface area contributed by atoms with Gasteiger partial charge < -0.3 is 10.3 Å². The number of nitrogens with zero attached hydrogens (tertiary/aromatic N) is 2. The molecule has 20 heavy (non-hydrogen) atoms. The number of aryl methyl sites for hydroxylation is 3. The number of fused-ring (bicyclic) bond motifs is 1. The van der Waals surface area contributed by atoms with Crippen molar-refractivity contribution in [1.29, 1.82) is 0 Å². The molecule has 2 aromatic heterocycles. The molecule has 0 spiro atoms. The Hall–Kier alpha value is -2.56. The monoisotopic (exact) mass is 268 g/mol. The zero-order valence-corrected chi connectivity index (χ0v) is 11.7. The van der Waals surface area contributed by atoms with Crippen LogP contribution in [0, 0.1) is 13.8 Å². The van der Waals surface area contributed by atoms with E-state index < -0.39 is 0 Å². The van der Waals surface area contributed by atoms with E-state index in [9.17, 15) is 4.79 Å². The lowest BCUT2D eigenvalue weighted by Gasteiger charge is -2.02. The minimum Gasteiger partial charge on any atom is -0.358 e. The molecule has 3 rings (SSSR count). The SMILES string of the molecule is Cc1[nH]c2ccc(C(=O)Nc3ccn(C)n3)cc2c1C. The van der Waals surface area contributed by atoms with Crippen LogP contribution in [0.1, 0.15) is 21.6 Å². The number of H-pyrrole nitrogens is 1. The van der Waals surface area contributed by atoms with Crippen molar-refractivity contribution in [3.05, 3.63) is 47.3 Å². The molecule has 0 atom stereocenters. The number of hydrogen-bond donors (Lipinski definition) is 2. The summed E-state index contributed by atoms with van der Waals surface area (Å²) in [6, 6.07) is 7.42. The van der Waals surface area contributed by atoms with E-state index in [2.05, 4.69) is 22.3 Å². The molecule has 2 N–H and O–H groups in total. The van der Waals surface area contributed by atoms with E-state index in [4.69, 9.17) is 0 Å². The molecule has 1 aromatic carbocycles. The molecule has 3 aromatic rings. The van der Waals surface area contributed by atoms with Gasteiger partial charge in [0.1, 0.15) is 0 Å². The van der Waals surface area contributed by atoms with Crippen LogP contribution in [0.4, 0.5) is 5.82 Å². The van der Waals surface area contributed by atoms with Crippen molar-refractivity contribution in [3.63, 3.8) is 0 Å². The highest BCUT2D eigenvalue weighted by atomic mass is 16.1. The van der Waals surface area contributed by atoms with E-state index >= 15 is 0 Å². The number of aromatic amines is 1. The maximum Gasteiger partial charge on any atom is 0.256 e. The molecule has 102 valence electrons. The molecule has 1 amide bonds. The van der Waals surface area contributed by atoms with Gasteiger partial charge in [-0.3, -0.25) is 9.48 Å². The fraction of sp³-hybridized carbons (Fsp3) is 0.200. The zero-order chi connectivity index (χ0) is 14.3. The second kappa shape index (κ2) is 4.52. The number of nitrogens with one attached hydrogen (secondary N) is 2. The van der Waals surface area contributed by atoms with E-state index in [1.165, 1.54) is 5.56 Å². The predicted molar refractivity (Wildman–Crippen MR) is 78.9 cm³/mol. The third kappa shape index (κ3) is 2.07. The fourth-order valence-corrected chi connectivity index (χ4v) is 2.27. The van der Waals surface area contributed by atoms with Crippen molar-refractivity contribution in [3.8, 4) is 0 Å². The Balaban J connectivity index is 1.93. The Morgan fingerprint density at radius 3 is 2.80 bits per heavy atom. The van der Waals surface area contributed by atoms with E-state index in [0.29, 0.717) is 11.4 Å². The first kappa shape index (κ1) is 12.5. The van der Waals surface area contributed by atoms with Gasteiger partial charge in [0.05, 0.1) is 0 Å². The average Bonchev–Trinajstić information content (AvgIpc) is 2.94. The molecule has 5 heteroatoms. The molecule has 0 aliphatic carbocycles. The minimum absolute atomic E-state index is 0.149. The van der Waals surface area contributed by atoms with E-state index in [0.717, 1.165) is 16.6 Å². The van der Waals surface area contributed by atoms with Crippen LogP contribution in [0.5, 0.6) is 0 Å². The number of carbonyl (C=O) groups is 1. The van der Waals surface area contributed by atoms with Gasteiger partial charge in [-0.05, 0) is 37.6 Å². The van der Waals surface area contributed by atoms with Crippen LogP contribution in [-0.2, 0) is 7.05 Å². The van der Waals surface area contributed by atoms with Crippen LogP contribution in [0.25, 0.3) is 10.9 Å². The number of benzene rings is 1. The summed E-state index contributed by atoms with van der Waals surface area (Å²) in [6.45, 7) is 4.08. The summed E-state index contributed by atoms with van der Waals surface area (Å²) in [5.41, 5.74) is 3.98. The first-order valence-electron chi connectivity index (χ1n) is 6.44.